The molecule has 1 aliphatic heterocycles. The van der Waals surface area contributed by atoms with Gasteiger partial charge in [-0.25, -0.2) is 4.57 Å². The second-order valence-corrected chi connectivity index (χ2v) is 11.8. The van der Waals surface area contributed by atoms with Gasteiger partial charge in [0.1, 0.15) is 17.9 Å². The molecule has 2 nitrogen and oxygen atoms in total. The fourth-order valence-corrected chi connectivity index (χ4v) is 7.77. The molecule has 206 valence electrons. The van der Waals surface area contributed by atoms with Crippen LogP contribution in [-0.4, -0.2) is 17.8 Å². The second kappa shape index (κ2) is 9.47. The Morgan fingerprint density at radius 2 is 1.23 bits per heavy atom. The van der Waals surface area contributed by atoms with E-state index in [0.29, 0.717) is 5.46 Å². The molecule has 0 saturated carbocycles. The van der Waals surface area contributed by atoms with Crippen molar-refractivity contribution >= 4 is 73.5 Å². The highest BCUT2D eigenvalue weighted by molar-refractivity contribution is 7.12. The molecule has 0 atom stereocenters. The van der Waals surface area contributed by atoms with Gasteiger partial charge in [-0.2, -0.15) is 4.40 Å². The van der Waals surface area contributed by atoms with Crippen LogP contribution in [0.15, 0.2) is 103 Å². The van der Waals surface area contributed by atoms with Gasteiger partial charge in [0.2, 0.25) is 13.4 Å². The van der Waals surface area contributed by atoms with Crippen LogP contribution in [0.3, 0.4) is 0 Å². The third-order valence-corrected chi connectivity index (χ3v) is 9.56. The van der Waals surface area contributed by atoms with Gasteiger partial charge in [-0.15, -0.1) is 0 Å². The molecule has 2 aromatic heterocycles. The summed E-state index contributed by atoms with van der Waals surface area (Å²) in [5.74, 6) is 0. The van der Waals surface area contributed by atoms with Gasteiger partial charge in [0.25, 0.3) is 5.65 Å². The smallest absolute Gasteiger partial charge is 0.232 e. The normalized spacial score (nSPS) is 16.8. The zero-order chi connectivity index (χ0) is 37.1. The summed E-state index contributed by atoms with van der Waals surface area (Å²) in [7, 11) is 2.00. The number of aromatic nitrogens is 2. The summed E-state index contributed by atoms with van der Waals surface area (Å²) < 4.78 is 82.2. The number of para-hydroxylation sites is 1. The van der Waals surface area contributed by atoms with Crippen molar-refractivity contribution in [2.45, 2.75) is 34.4 Å². The van der Waals surface area contributed by atoms with Crippen molar-refractivity contribution < 1.29 is 16.9 Å². The highest BCUT2D eigenvalue weighted by atomic mass is 15.1. The third kappa shape index (κ3) is 3.59. The number of aryl methyl sites for hydroxylation is 6. The maximum absolute atomic E-state index is 8.66. The number of rotatable bonds is 2. The largest absolute Gasteiger partial charge is 0.294 e. The van der Waals surface area contributed by atoms with E-state index < -0.39 is 34.0 Å². The molecule has 1 aliphatic rings. The summed E-state index contributed by atoms with van der Waals surface area (Å²) in [6.45, 7) is -4.98. The van der Waals surface area contributed by atoms with Gasteiger partial charge in [-0.05, 0) is 46.0 Å². The van der Waals surface area contributed by atoms with Crippen LogP contribution < -0.4 is 37.3 Å². The number of fused-ring (bicyclic) bond motifs is 8. The van der Waals surface area contributed by atoms with Gasteiger partial charge in [0.15, 0.2) is 0 Å². The summed E-state index contributed by atoms with van der Waals surface area (Å²) >= 11 is 0. The molecule has 0 radical (unpaired) electrons. The first-order chi connectivity index (χ1) is 24.5. The van der Waals surface area contributed by atoms with Gasteiger partial charge in [0.05, 0.1) is 12.4 Å². The molecule has 3 heterocycles. The van der Waals surface area contributed by atoms with E-state index >= 15 is 0 Å². The number of nitrogens with zero attached hydrogens (tertiary/aromatic N) is 2. The minimum atomic E-state index is -2.61. The number of benzene rings is 5. The maximum Gasteiger partial charge on any atom is 0.294 e. The van der Waals surface area contributed by atoms with E-state index in [4.69, 9.17) is 12.3 Å². The van der Waals surface area contributed by atoms with Gasteiger partial charge in [-0.3, -0.25) is 0 Å². The first-order valence-electron chi connectivity index (χ1n) is 19.2. The lowest BCUT2D eigenvalue weighted by Crippen LogP contribution is -2.76. The first kappa shape index (κ1) is 18.2. The van der Waals surface area contributed by atoms with Crippen LogP contribution in [0.25, 0.3) is 27.3 Å². The lowest BCUT2D eigenvalue weighted by molar-refractivity contribution is -0.643. The monoisotopic (exact) mass is 562 g/mol. The average molecular weight is 562 g/mol. The lowest BCUT2D eigenvalue weighted by Gasteiger charge is -2.36. The lowest BCUT2D eigenvalue weighted by atomic mass is 9.20. The molecular weight excluding hydrogens is 518 g/mol. The Bertz CT molecular complexity index is 2570. The highest BCUT2D eigenvalue weighted by Crippen LogP contribution is 2.30. The first-order valence-corrected chi connectivity index (χ1v) is 14.7. The Balaban J connectivity index is 1.64. The topological polar surface area (TPSA) is 8.29 Å². The van der Waals surface area contributed by atoms with Gasteiger partial charge < -0.3 is 0 Å². The molecule has 0 bridgehead atoms. The van der Waals surface area contributed by atoms with Crippen LogP contribution in [0.5, 0.6) is 0 Å². The second-order valence-electron chi connectivity index (χ2n) is 11.8. The summed E-state index contributed by atoms with van der Waals surface area (Å²) in [4.78, 5) is 0. The molecule has 5 aromatic carbocycles. The van der Waals surface area contributed by atoms with E-state index in [1.807, 2.05) is 68.8 Å². The van der Waals surface area contributed by atoms with Crippen LogP contribution in [-0.2, 0) is 7.05 Å². The zero-order valence-corrected chi connectivity index (χ0v) is 24.4. The Morgan fingerprint density at radius 1 is 0.628 bits per heavy atom. The zero-order valence-electron chi connectivity index (χ0n) is 33.4. The Hall–Kier alpha value is -4.56. The molecule has 0 spiro atoms. The summed E-state index contributed by atoms with van der Waals surface area (Å²) in [5.41, 5.74) is 8.00. The molecule has 4 heteroatoms. The van der Waals surface area contributed by atoms with Crippen LogP contribution in [0.1, 0.15) is 40.2 Å². The van der Waals surface area contributed by atoms with Crippen LogP contribution in [0.2, 0.25) is 0 Å². The van der Waals surface area contributed by atoms with Gasteiger partial charge >= 0.3 is 0 Å². The molecule has 8 rings (SSSR count). The molecule has 0 fully saturated rings. The number of pyridine rings is 1. The van der Waals surface area contributed by atoms with Crippen molar-refractivity contribution in [3.05, 3.63) is 131 Å². The van der Waals surface area contributed by atoms with Crippen molar-refractivity contribution in [1.29, 1.82) is 0 Å². The molecule has 0 unspecified atom stereocenters. The van der Waals surface area contributed by atoms with E-state index in [-0.39, 0.29) is 22.2 Å². The summed E-state index contributed by atoms with van der Waals surface area (Å²) in [6.07, 6.45) is 4.05. The predicted molar refractivity (Wildman–Crippen MR) is 186 cm³/mol. The van der Waals surface area contributed by atoms with Gasteiger partial charge in [0, 0.05) is 23.1 Å². The number of imidazole rings is 1. The Morgan fingerprint density at radius 3 is 1.93 bits per heavy atom. The Labute approximate surface area is 267 Å². The minimum absolute atomic E-state index is 0.0135. The van der Waals surface area contributed by atoms with Crippen LogP contribution >= 0.6 is 0 Å². The SMILES string of the molecule is [2H]C([2H])([2H])c1cccc(C)c1B1c2ccccc2B(c2c(C([2H])([2H])[2H])cccc2C([2H])([2H])[2H])c2cc3c4ccccc4n4cc[n+](C)c4c3c(C)c21. The van der Waals surface area contributed by atoms with Crippen LogP contribution in [0.4, 0.5) is 0 Å². The molecule has 0 saturated heterocycles. The van der Waals surface area contributed by atoms with Crippen molar-refractivity contribution in [2.75, 3.05) is 0 Å². The third-order valence-electron chi connectivity index (χ3n) is 9.56. The molecule has 0 N–H and O–H groups in total. The maximum atomic E-state index is 8.66. The fraction of sp³-hybridized carbons (Fsp3) is 0.154. The van der Waals surface area contributed by atoms with Crippen molar-refractivity contribution in [3.8, 4) is 0 Å². The quantitative estimate of drug-likeness (QED) is 0.171. The van der Waals surface area contributed by atoms with E-state index in [9.17, 15) is 0 Å². The standard InChI is InChI=1S/C39H35B2N2/c1-24-13-11-14-25(2)36(24)40-31-18-8-9-19-32(31)41(37-26(3)15-12-16-27(37)4)38-28(5)35-30(23-33(38)40)29-17-7-10-20-34(29)43-22-21-42(6)39(35)43/h7-23H,1-6H3/q+1/i1D3,2D3,3D3. The molecule has 0 aliphatic carbocycles. The average Bonchev–Trinajstić information content (AvgIpc) is 3.47. The number of hydrogen-bond acceptors (Lipinski definition) is 0. The number of hydrogen-bond donors (Lipinski definition) is 0. The van der Waals surface area contributed by atoms with E-state index in [0.717, 1.165) is 60.3 Å². The predicted octanol–water partition coefficient (Wildman–Crippen LogP) is 3.96. The molecule has 43 heavy (non-hydrogen) atoms. The van der Waals surface area contributed by atoms with E-state index in [1.165, 1.54) is 18.2 Å². The highest BCUT2D eigenvalue weighted by Gasteiger charge is 2.42. The summed E-state index contributed by atoms with van der Waals surface area (Å²) in [6, 6.07) is 27.9. The van der Waals surface area contributed by atoms with Gasteiger partial charge in [-0.1, -0.05) is 140 Å². The fourth-order valence-electron chi connectivity index (χ4n) is 7.77. The van der Waals surface area contributed by atoms with Crippen LogP contribution in [0, 0.1) is 34.4 Å². The van der Waals surface area contributed by atoms with Crippen molar-refractivity contribution in [2.24, 2.45) is 7.05 Å². The van der Waals surface area contributed by atoms with Crippen molar-refractivity contribution in [3.63, 3.8) is 0 Å². The van der Waals surface area contributed by atoms with E-state index in [1.54, 1.807) is 12.1 Å². The Kier molecular flexibility index (Phi) is 4.01. The van der Waals surface area contributed by atoms with E-state index in [2.05, 4.69) is 34.1 Å². The van der Waals surface area contributed by atoms with Crippen molar-refractivity contribution in [1.82, 2.24) is 4.40 Å². The minimum Gasteiger partial charge on any atom is -0.232 e. The summed E-state index contributed by atoms with van der Waals surface area (Å²) in [5, 5.41) is 2.91. The molecule has 0 amide bonds. The molecular formula is C39H35B2N2+. The molecule has 7 aromatic rings.